The Hall–Kier alpha value is -2.42. The van der Waals surface area contributed by atoms with Crippen LogP contribution in [0.1, 0.15) is 38.0 Å². The van der Waals surface area contributed by atoms with Crippen molar-refractivity contribution in [3.63, 3.8) is 0 Å². The van der Waals surface area contributed by atoms with E-state index in [0.29, 0.717) is 29.8 Å². The van der Waals surface area contributed by atoms with Crippen LogP contribution in [0.4, 0.5) is 0 Å². The second-order valence-corrected chi connectivity index (χ2v) is 6.25. The summed E-state index contributed by atoms with van der Waals surface area (Å²) in [4.78, 5) is 19.1. The van der Waals surface area contributed by atoms with E-state index in [2.05, 4.69) is 5.32 Å². The summed E-state index contributed by atoms with van der Waals surface area (Å²) in [6, 6.07) is 4.68. The van der Waals surface area contributed by atoms with Gasteiger partial charge in [-0.1, -0.05) is 6.07 Å². The molecule has 0 radical (unpaired) electrons. The van der Waals surface area contributed by atoms with Gasteiger partial charge in [0.05, 0.1) is 12.7 Å². The topological polar surface area (TPSA) is 147 Å². The number of carboxylic acids is 2. The maximum atomic E-state index is 9.97. The van der Waals surface area contributed by atoms with Crippen molar-refractivity contribution >= 4 is 11.9 Å². The second kappa shape index (κ2) is 10.4. The summed E-state index contributed by atoms with van der Waals surface area (Å²) in [6.07, 6.45) is 0.414. The molecule has 140 valence electrons. The number of aliphatic hydroxyl groups excluding tert-OH is 2. The third-order valence-corrected chi connectivity index (χ3v) is 2.76. The lowest BCUT2D eigenvalue weighted by molar-refractivity contribution is -0.134. The van der Waals surface area contributed by atoms with Crippen molar-refractivity contribution in [1.29, 1.82) is 0 Å². The third kappa shape index (κ3) is 11.7. The molecule has 0 fully saturated rings. The van der Waals surface area contributed by atoms with Crippen LogP contribution in [0.5, 0.6) is 5.75 Å². The van der Waals surface area contributed by atoms with Gasteiger partial charge in [-0.2, -0.15) is 0 Å². The first kappa shape index (κ1) is 22.6. The molecule has 0 aliphatic heterocycles. The highest BCUT2D eigenvalue weighted by Gasteiger charge is 2.14. The Kier molecular flexibility index (Phi) is 9.43. The molecule has 1 aromatic carbocycles. The van der Waals surface area contributed by atoms with Gasteiger partial charge in [0.25, 0.3) is 0 Å². The SMILES string of the molecule is CC(C)(C)NCC(O)c1cc(O)cc(CO)c1.O=C(O)/C=C/C(=O)O. The van der Waals surface area contributed by atoms with E-state index in [1.807, 2.05) is 20.8 Å². The molecule has 0 saturated carbocycles. The summed E-state index contributed by atoms with van der Waals surface area (Å²) >= 11 is 0. The van der Waals surface area contributed by atoms with E-state index in [1.54, 1.807) is 6.07 Å². The molecule has 0 saturated heterocycles. The van der Waals surface area contributed by atoms with Gasteiger partial charge in [-0.25, -0.2) is 9.59 Å². The second-order valence-electron chi connectivity index (χ2n) is 6.25. The maximum absolute atomic E-state index is 9.97. The van der Waals surface area contributed by atoms with E-state index >= 15 is 0 Å². The Labute approximate surface area is 146 Å². The summed E-state index contributed by atoms with van der Waals surface area (Å²) in [6.45, 7) is 6.29. The molecule has 1 unspecified atom stereocenters. The number of aliphatic hydroxyl groups is 2. The van der Waals surface area contributed by atoms with Crippen LogP contribution in [0.25, 0.3) is 0 Å². The molecular formula is C17H25NO7. The molecule has 8 nitrogen and oxygen atoms in total. The summed E-state index contributed by atoms with van der Waals surface area (Å²) in [5.74, 6) is -2.46. The van der Waals surface area contributed by atoms with Crippen LogP contribution < -0.4 is 5.32 Å². The number of hydrogen-bond donors (Lipinski definition) is 6. The molecular weight excluding hydrogens is 330 g/mol. The molecule has 0 amide bonds. The summed E-state index contributed by atoms with van der Waals surface area (Å²) in [5, 5.41) is 47.3. The Morgan fingerprint density at radius 3 is 2.04 bits per heavy atom. The summed E-state index contributed by atoms with van der Waals surface area (Å²) < 4.78 is 0. The molecule has 6 N–H and O–H groups in total. The molecule has 1 atom stereocenters. The number of phenols is 1. The summed E-state index contributed by atoms with van der Waals surface area (Å²) in [5.41, 5.74) is 1.12. The molecule has 0 aromatic heterocycles. The molecule has 0 aliphatic carbocycles. The number of carbonyl (C=O) groups is 2. The number of β-amino-alcohol motifs (C(OH)–C–C–N with tert-alkyl or cyclic N) is 1. The monoisotopic (exact) mass is 355 g/mol. The Balaban J connectivity index is 0.000000609. The van der Waals surface area contributed by atoms with Gasteiger partial charge >= 0.3 is 11.9 Å². The van der Waals surface area contributed by atoms with Crippen LogP contribution in [-0.4, -0.2) is 49.6 Å². The number of carboxylic acid groups (broad SMARTS) is 2. The van der Waals surface area contributed by atoms with Crippen LogP contribution >= 0.6 is 0 Å². The number of phenolic OH excluding ortho intramolecular Hbond substituents is 1. The van der Waals surface area contributed by atoms with E-state index in [-0.39, 0.29) is 17.9 Å². The van der Waals surface area contributed by atoms with Gasteiger partial charge in [0.15, 0.2) is 0 Å². The van der Waals surface area contributed by atoms with Crippen molar-refractivity contribution in [3.8, 4) is 5.75 Å². The Morgan fingerprint density at radius 1 is 1.12 bits per heavy atom. The zero-order chi connectivity index (χ0) is 19.6. The van der Waals surface area contributed by atoms with Crippen molar-refractivity contribution in [2.75, 3.05) is 6.54 Å². The normalized spacial score (nSPS) is 12.4. The van der Waals surface area contributed by atoms with E-state index in [0.717, 1.165) is 0 Å². The zero-order valence-electron chi connectivity index (χ0n) is 14.4. The van der Waals surface area contributed by atoms with Gasteiger partial charge in [0.2, 0.25) is 0 Å². The average Bonchev–Trinajstić information content (AvgIpc) is 2.49. The molecule has 0 aliphatic rings. The first-order valence-corrected chi connectivity index (χ1v) is 7.45. The van der Waals surface area contributed by atoms with Crippen molar-refractivity contribution < 1.29 is 35.1 Å². The van der Waals surface area contributed by atoms with Crippen LogP contribution in [0.3, 0.4) is 0 Å². The zero-order valence-corrected chi connectivity index (χ0v) is 14.4. The fraction of sp³-hybridized carbons (Fsp3) is 0.412. The van der Waals surface area contributed by atoms with Crippen molar-refractivity contribution in [2.24, 2.45) is 0 Å². The molecule has 0 spiro atoms. The first-order chi connectivity index (χ1) is 11.4. The lowest BCUT2D eigenvalue weighted by Gasteiger charge is -2.23. The number of nitrogens with one attached hydrogen (secondary N) is 1. The number of hydrogen-bond acceptors (Lipinski definition) is 6. The van der Waals surface area contributed by atoms with Gasteiger partial charge in [0.1, 0.15) is 5.75 Å². The fourth-order valence-electron chi connectivity index (χ4n) is 1.65. The molecule has 1 rings (SSSR count). The van der Waals surface area contributed by atoms with Gasteiger partial charge in [0, 0.05) is 24.2 Å². The van der Waals surface area contributed by atoms with Gasteiger partial charge in [-0.3, -0.25) is 0 Å². The van der Waals surface area contributed by atoms with E-state index in [4.69, 9.17) is 15.3 Å². The molecule has 0 heterocycles. The largest absolute Gasteiger partial charge is 0.508 e. The van der Waals surface area contributed by atoms with Crippen molar-refractivity contribution in [3.05, 3.63) is 41.5 Å². The number of benzene rings is 1. The van der Waals surface area contributed by atoms with Gasteiger partial charge in [-0.15, -0.1) is 0 Å². The highest BCUT2D eigenvalue weighted by molar-refractivity contribution is 5.89. The van der Waals surface area contributed by atoms with Gasteiger partial charge < -0.3 is 30.8 Å². The van der Waals surface area contributed by atoms with Crippen LogP contribution in [0.2, 0.25) is 0 Å². The average molecular weight is 355 g/mol. The summed E-state index contributed by atoms with van der Waals surface area (Å²) in [7, 11) is 0. The van der Waals surface area contributed by atoms with Gasteiger partial charge in [-0.05, 0) is 44.0 Å². The minimum atomic E-state index is -1.26. The highest BCUT2D eigenvalue weighted by atomic mass is 16.4. The lowest BCUT2D eigenvalue weighted by Crippen LogP contribution is -2.38. The van der Waals surface area contributed by atoms with Crippen molar-refractivity contribution in [2.45, 2.75) is 39.0 Å². The standard InChI is InChI=1S/C13H21NO3.C4H4O4/c1-13(2,3)14-7-12(17)10-4-9(8-15)5-11(16)6-10;5-3(6)1-2-4(7)8/h4-6,12,14-17H,7-8H2,1-3H3;1-2H,(H,5,6)(H,7,8)/b;2-1+. The fourth-order valence-corrected chi connectivity index (χ4v) is 1.65. The van der Waals surface area contributed by atoms with Crippen LogP contribution in [0, 0.1) is 0 Å². The molecule has 0 bridgehead atoms. The molecule has 25 heavy (non-hydrogen) atoms. The maximum Gasteiger partial charge on any atom is 0.328 e. The number of aromatic hydroxyl groups is 1. The first-order valence-electron chi connectivity index (χ1n) is 7.45. The van der Waals surface area contributed by atoms with Crippen molar-refractivity contribution in [1.82, 2.24) is 5.32 Å². The van der Waals surface area contributed by atoms with E-state index in [1.165, 1.54) is 12.1 Å². The quantitative estimate of drug-likeness (QED) is 0.414. The predicted molar refractivity (Wildman–Crippen MR) is 91.2 cm³/mol. The lowest BCUT2D eigenvalue weighted by atomic mass is 10.0. The number of rotatable bonds is 6. The third-order valence-electron chi connectivity index (χ3n) is 2.76. The van der Waals surface area contributed by atoms with Crippen LogP contribution in [0.15, 0.2) is 30.4 Å². The Bertz CT molecular complexity index is 590. The number of aliphatic carboxylic acids is 2. The minimum absolute atomic E-state index is 0.0568. The predicted octanol–water partition coefficient (Wildman–Crippen LogP) is 1.02. The molecule has 8 heteroatoms. The van der Waals surface area contributed by atoms with Crippen LogP contribution in [-0.2, 0) is 16.2 Å². The minimum Gasteiger partial charge on any atom is -0.508 e. The Morgan fingerprint density at radius 2 is 1.64 bits per heavy atom. The smallest absolute Gasteiger partial charge is 0.328 e. The highest BCUT2D eigenvalue weighted by Crippen LogP contribution is 2.21. The van der Waals surface area contributed by atoms with E-state index in [9.17, 15) is 19.8 Å². The van der Waals surface area contributed by atoms with E-state index < -0.39 is 18.0 Å². The molecule has 1 aromatic rings.